The predicted octanol–water partition coefficient (Wildman–Crippen LogP) is 1.56. The van der Waals surface area contributed by atoms with Crippen molar-refractivity contribution in [3.63, 3.8) is 0 Å². The first-order valence-electron chi connectivity index (χ1n) is 7.76. The molecule has 23 heavy (non-hydrogen) atoms. The summed E-state index contributed by atoms with van der Waals surface area (Å²) in [6.07, 6.45) is 5.19. The number of nitrogens with zero attached hydrogens (tertiary/aromatic N) is 4. The van der Waals surface area contributed by atoms with Crippen LogP contribution in [0.2, 0.25) is 0 Å². The number of hydrogen-bond donors (Lipinski definition) is 2. The third kappa shape index (κ3) is 4.07. The van der Waals surface area contributed by atoms with Gasteiger partial charge in [0, 0.05) is 31.9 Å². The van der Waals surface area contributed by atoms with Gasteiger partial charge in [0.25, 0.3) is 0 Å². The van der Waals surface area contributed by atoms with E-state index in [1.807, 2.05) is 25.4 Å². The molecule has 0 spiro atoms. The molecule has 2 rings (SSSR count). The van der Waals surface area contributed by atoms with Crippen LogP contribution >= 0.6 is 0 Å². The topological polar surface area (TPSA) is 75.1 Å². The van der Waals surface area contributed by atoms with E-state index in [-0.39, 0.29) is 5.91 Å². The Balaban J connectivity index is 2.07. The van der Waals surface area contributed by atoms with E-state index in [2.05, 4.69) is 39.5 Å². The molecule has 0 aromatic carbocycles. The molecular weight excluding hydrogens is 292 g/mol. The Morgan fingerprint density at radius 1 is 1.30 bits per heavy atom. The Morgan fingerprint density at radius 3 is 2.52 bits per heavy atom. The predicted molar refractivity (Wildman–Crippen MR) is 91.4 cm³/mol. The van der Waals surface area contributed by atoms with Crippen LogP contribution in [-0.4, -0.2) is 40.8 Å². The van der Waals surface area contributed by atoms with Crippen LogP contribution in [0.5, 0.6) is 0 Å². The van der Waals surface area contributed by atoms with E-state index in [0.29, 0.717) is 5.69 Å². The van der Waals surface area contributed by atoms with E-state index in [4.69, 9.17) is 0 Å². The number of amides is 1. The van der Waals surface area contributed by atoms with Gasteiger partial charge in [-0.05, 0) is 33.0 Å². The van der Waals surface area contributed by atoms with E-state index in [0.717, 1.165) is 24.5 Å². The highest BCUT2D eigenvalue weighted by Gasteiger charge is 2.20. The molecule has 124 valence electrons. The summed E-state index contributed by atoms with van der Waals surface area (Å²) in [5.74, 6) is 0.767. The largest absolute Gasteiger partial charge is 0.357 e. The normalized spacial score (nSPS) is 12.0. The lowest BCUT2D eigenvalue weighted by molar-refractivity contribution is -0.118. The Kier molecular flexibility index (Phi) is 5.70. The highest BCUT2D eigenvalue weighted by Crippen LogP contribution is 2.17. The van der Waals surface area contributed by atoms with Gasteiger partial charge in [0.2, 0.25) is 5.91 Å². The molecule has 0 aliphatic heterocycles. The highest BCUT2D eigenvalue weighted by atomic mass is 16.2. The number of anilines is 2. The van der Waals surface area contributed by atoms with Crippen molar-refractivity contribution in [1.82, 2.24) is 20.1 Å². The molecule has 0 saturated carbocycles. The van der Waals surface area contributed by atoms with Crippen LogP contribution in [0.1, 0.15) is 25.5 Å². The standard InChI is InChI=1S/C16H24N6O/c1-5-22(6-2)14-8-7-13(10-18-14)20-16(23)15(17-3)12-9-19-21(4)11-12/h7-11,15,17H,5-6H2,1-4H3,(H,20,23). The molecule has 2 heterocycles. The van der Waals surface area contributed by atoms with Crippen LogP contribution in [0, 0.1) is 0 Å². The van der Waals surface area contributed by atoms with Gasteiger partial charge < -0.3 is 15.5 Å². The van der Waals surface area contributed by atoms with Crippen LogP contribution in [0.4, 0.5) is 11.5 Å². The zero-order chi connectivity index (χ0) is 16.8. The second-order valence-electron chi connectivity index (χ2n) is 5.24. The fourth-order valence-electron chi connectivity index (χ4n) is 2.45. The van der Waals surface area contributed by atoms with Gasteiger partial charge in [0.1, 0.15) is 11.9 Å². The van der Waals surface area contributed by atoms with E-state index < -0.39 is 6.04 Å². The molecule has 0 fully saturated rings. The lowest BCUT2D eigenvalue weighted by atomic mass is 10.1. The molecule has 0 radical (unpaired) electrons. The minimum Gasteiger partial charge on any atom is -0.357 e. The van der Waals surface area contributed by atoms with Gasteiger partial charge in [-0.1, -0.05) is 0 Å². The maximum atomic E-state index is 12.4. The van der Waals surface area contributed by atoms with Crippen molar-refractivity contribution in [3.8, 4) is 0 Å². The summed E-state index contributed by atoms with van der Waals surface area (Å²) >= 11 is 0. The second-order valence-corrected chi connectivity index (χ2v) is 5.24. The maximum Gasteiger partial charge on any atom is 0.246 e. The van der Waals surface area contributed by atoms with Crippen LogP contribution in [0.25, 0.3) is 0 Å². The molecule has 7 nitrogen and oxygen atoms in total. The molecule has 0 bridgehead atoms. The molecule has 1 amide bonds. The molecule has 7 heteroatoms. The van der Waals surface area contributed by atoms with E-state index >= 15 is 0 Å². The van der Waals surface area contributed by atoms with Gasteiger partial charge in [-0.3, -0.25) is 9.48 Å². The van der Waals surface area contributed by atoms with Gasteiger partial charge >= 0.3 is 0 Å². The van der Waals surface area contributed by atoms with Gasteiger partial charge in [0.15, 0.2) is 0 Å². The molecule has 0 saturated heterocycles. The number of aromatic nitrogens is 3. The first-order chi connectivity index (χ1) is 11.1. The number of pyridine rings is 1. The summed E-state index contributed by atoms with van der Waals surface area (Å²) in [6.45, 7) is 5.98. The summed E-state index contributed by atoms with van der Waals surface area (Å²) in [5, 5.41) is 9.99. The van der Waals surface area contributed by atoms with Crippen molar-refractivity contribution < 1.29 is 4.79 Å². The first kappa shape index (κ1) is 17.0. The molecule has 2 aromatic rings. The Hall–Kier alpha value is -2.41. The number of hydrogen-bond acceptors (Lipinski definition) is 5. The summed E-state index contributed by atoms with van der Waals surface area (Å²) in [4.78, 5) is 19.0. The zero-order valence-corrected chi connectivity index (χ0v) is 14.1. The van der Waals surface area contributed by atoms with Crippen molar-refractivity contribution in [2.45, 2.75) is 19.9 Å². The van der Waals surface area contributed by atoms with Crippen molar-refractivity contribution in [2.24, 2.45) is 7.05 Å². The van der Waals surface area contributed by atoms with E-state index in [9.17, 15) is 4.79 Å². The average molecular weight is 316 g/mol. The monoisotopic (exact) mass is 316 g/mol. The highest BCUT2D eigenvalue weighted by molar-refractivity contribution is 5.95. The fourth-order valence-corrected chi connectivity index (χ4v) is 2.45. The van der Waals surface area contributed by atoms with E-state index in [1.54, 1.807) is 24.1 Å². The number of nitrogens with one attached hydrogen (secondary N) is 2. The summed E-state index contributed by atoms with van der Waals surface area (Å²) in [7, 11) is 3.57. The molecule has 0 aliphatic carbocycles. The zero-order valence-electron chi connectivity index (χ0n) is 14.1. The van der Waals surface area contributed by atoms with Gasteiger partial charge in [-0.25, -0.2) is 4.98 Å². The average Bonchev–Trinajstić information content (AvgIpc) is 2.97. The van der Waals surface area contributed by atoms with Gasteiger partial charge in [-0.2, -0.15) is 5.10 Å². The number of carbonyl (C=O) groups is 1. The maximum absolute atomic E-state index is 12.4. The SMILES string of the molecule is CCN(CC)c1ccc(NC(=O)C(NC)c2cnn(C)c2)cn1. The third-order valence-electron chi connectivity index (χ3n) is 3.71. The molecule has 0 aliphatic rings. The fraction of sp³-hybridized carbons (Fsp3) is 0.438. The minimum absolute atomic E-state index is 0.141. The number of aryl methyl sites for hydroxylation is 1. The summed E-state index contributed by atoms with van der Waals surface area (Å²) < 4.78 is 1.67. The Labute approximate surface area is 136 Å². The molecule has 2 aromatic heterocycles. The Morgan fingerprint density at radius 2 is 2.04 bits per heavy atom. The van der Waals surface area contributed by atoms with Crippen LogP contribution < -0.4 is 15.5 Å². The van der Waals surface area contributed by atoms with Crippen LogP contribution in [-0.2, 0) is 11.8 Å². The molecule has 1 unspecified atom stereocenters. The van der Waals surface area contributed by atoms with Crippen molar-refractivity contribution in [2.75, 3.05) is 30.4 Å². The lowest BCUT2D eigenvalue weighted by Gasteiger charge is -2.20. The third-order valence-corrected chi connectivity index (χ3v) is 3.71. The Bertz CT molecular complexity index is 632. The van der Waals surface area contributed by atoms with Gasteiger partial charge in [-0.15, -0.1) is 0 Å². The minimum atomic E-state index is -0.453. The molecular formula is C16H24N6O. The lowest BCUT2D eigenvalue weighted by Crippen LogP contribution is -2.30. The second kappa shape index (κ2) is 7.73. The smallest absolute Gasteiger partial charge is 0.246 e. The molecule has 2 N–H and O–H groups in total. The van der Waals surface area contributed by atoms with Crippen LogP contribution in [0.15, 0.2) is 30.7 Å². The van der Waals surface area contributed by atoms with Crippen LogP contribution in [0.3, 0.4) is 0 Å². The number of likely N-dealkylation sites (N-methyl/N-ethyl adjacent to an activating group) is 1. The summed E-state index contributed by atoms with van der Waals surface area (Å²) in [5.41, 5.74) is 1.50. The summed E-state index contributed by atoms with van der Waals surface area (Å²) in [6, 6.07) is 3.33. The number of rotatable bonds is 7. The molecule has 1 atom stereocenters. The van der Waals surface area contributed by atoms with Crippen molar-refractivity contribution >= 4 is 17.4 Å². The van der Waals surface area contributed by atoms with Crippen molar-refractivity contribution in [3.05, 3.63) is 36.3 Å². The quantitative estimate of drug-likeness (QED) is 0.811. The van der Waals surface area contributed by atoms with Crippen molar-refractivity contribution in [1.29, 1.82) is 0 Å². The first-order valence-corrected chi connectivity index (χ1v) is 7.76. The number of carbonyl (C=O) groups excluding carboxylic acids is 1. The van der Waals surface area contributed by atoms with E-state index in [1.165, 1.54) is 0 Å². The van der Waals surface area contributed by atoms with Gasteiger partial charge in [0.05, 0.1) is 18.1 Å².